The maximum absolute atomic E-state index is 12.9. The van der Waals surface area contributed by atoms with E-state index in [-0.39, 0.29) is 11.2 Å². The maximum atomic E-state index is 12.9. The molecule has 0 N–H and O–H groups in total. The molecule has 0 unspecified atom stereocenters. The third-order valence-corrected chi connectivity index (χ3v) is 5.19. The van der Waals surface area contributed by atoms with Gasteiger partial charge in [-0.3, -0.25) is 0 Å². The fourth-order valence-corrected chi connectivity index (χ4v) is 2.72. The van der Waals surface area contributed by atoms with Crippen LogP contribution in [0.15, 0.2) is 4.47 Å². The largest absolute Gasteiger partial charge is 0.434 e. The number of aryl methyl sites for hydroxylation is 1. The van der Waals surface area contributed by atoms with E-state index in [9.17, 15) is 13.2 Å². The van der Waals surface area contributed by atoms with Crippen molar-refractivity contribution in [3.63, 3.8) is 0 Å². The van der Waals surface area contributed by atoms with Gasteiger partial charge in [-0.1, -0.05) is 19.6 Å². The number of ether oxygens (including phenoxy) is 1. The Morgan fingerprint density at radius 1 is 1.32 bits per heavy atom. The molecular formula is C11H18BrF3N2OSi. The average molecular weight is 359 g/mol. The van der Waals surface area contributed by atoms with Crippen LogP contribution in [0, 0.1) is 6.92 Å². The summed E-state index contributed by atoms with van der Waals surface area (Å²) in [6, 6.07) is 0.912. The second kappa shape index (κ2) is 5.97. The van der Waals surface area contributed by atoms with Crippen LogP contribution < -0.4 is 0 Å². The molecule has 110 valence electrons. The van der Waals surface area contributed by atoms with Crippen LogP contribution in [-0.2, 0) is 17.6 Å². The molecule has 8 heteroatoms. The fourth-order valence-electron chi connectivity index (χ4n) is 1.45. The highest BCUT2D eigenvalue weighted by Crippen LogP contribution is 2.36. The SMILES string of the molecule is Cc1nn(COCC[Si](C)(C)C)c(C(F)(F)F)c1Br. The van der Waals surface area contributed by atoms with Crippen molar-refractivity contribution in [3.05, 3.63) is 15.9 Å². The van der Waals surface area contributed by atoms with E-state index in [1.807, 2.05) is 0 Å². The molecule has 0 aromatic carbocycles. The Hall–Kier alpha value is -0.343. The van der Waals surface area contributed by atoms with Gasteiger partial charge in [0.25, 0.3) is 0 Å². The number of halogens is 4. The maximum Gasteiger partial charge on any atom is 0.434 e. The van der Waals surface area contributed by atoms with Gasteiger partial charge in [0.15, 0.2) is 5.69 Å². The Labute approximate surface area is 120 Å². The van der Waals surface area contributed by atoms with Crippen LogP contribution in [0.2, 0.25) is 25.7 Å². The lowest BCUT2D eigenvalue weighted by molar-refractivity contribution is -0.147. The monoisotopic (exact) mass is 358 g/mol. The normalized spacial score (nSPS) is 13.1. The second-order valence-electron chi connectivity index (χ2n) is 5.59. The quantitative estimate of drug-likeness (QED) is 0.580. The third kappa shape index (κ3) is 4.92. The van der Waals surface area contributed by atoms with Crippen molar-refractivity contribution in [2.24, 2.45) is 0 Å². The van der Waals surface area contributed by atoms with Gasteiger partial charge in [-0.25, -0.2) is 4.68 Å². The molecule has 3 nitrogen and oxygen atoms in total. The number of alkyl halides is 3. The van der Waals surface area contributed by atoms with E-state index < -0.39 is 19.9 Å². The van der Waals surface area contributed by atoms with E-state index in [1.165, 1.54) is 6.92 Å². The van der Waals surface area contributed by atoms with Crippen LogP contribution in [0.4, 0.5) is 13.2 Å². The highest BCUT2D eigenvalue weighted by Gasteiger charge is 2.38. The Morgan fingerprint density at radius 3 is 2.37 bits per heavy atom. The molecule has 0 amide bonds. The summed E-state index contributed by atoms with van der Waals surface area (Å²) in [5.41, 5.74) is -0.487. The summed E-state index contributed by atoms with van der Waals surface area (Å²) in [4.78, 5) is 0. The average Bonchev–Trinajstić information content (AvgIpc) is 2.47. The number of rotatable bonds is 5. The Bertz CT molecular complexity index is 440. The number of hydrogen-bond donors (Lipinski definition) is 0. The van der Waals surface area contributed by atoms with Crippen molar-refractivity contribution in [1.82, 2.24) is 9.78 Å². The van der Waals surface area contributed by atoms with Gasteiger partial charge in [-0.2, -0.15) is 18.3 Å². The predicted octanol–water partition coefficient (Wildman–Crippen LogP) is 4.29. The highest BCUT2D eigenvalue weighted by molar-refractivity contribution is 9.10. The smallest absolute Gasteiger partial charge is 0.360 e. The third-order valence-electron chi connectivity index (χ3n) is 2.53. The van der Waals surface area contributed by atoms with Crippen molar-refractivity contribution in [3.8, 4) is 0 Å². The molecule has 1 aromatic heterocycles. The van der Waals surface area contributed by atoms with Crippen molar-refractivity contribution in [2.45, 2.75) is 45.5 Å². The van der Waals surface area contributed by atoms with Gasteiger partial charge >= 0.3 is 6.18 Å². The first kappa shape index (κ1) is 16.7. The molecule has 1 rings (SSSR count). The molecule has 0 atom stereocenters. The summed E-state index contributed by atoms with van der Waals surface area (Å²) >= 11 is 2.93. The lowest BCUT2D eigenvalue weighted by atomic mass is 10.3. The summed E-state index contributed by atoms with van der Waals surface area (Å²) in [5, 5.41) is 3.85. The van der Waals surface area contributed by atoms with E-state index in [1.54, 1.807) is 0 Å². The number of hydrogen-bond acceptors (Lipinski definition) is 2. The van der Waals surface area contributed by atoms with Crippen LogP contribution in [0.3, 0.4) is 0 Å². The topological polar surface area (TPSA) is 27.1 Å². The molecule has 0 saturated heterocycles. The second-order valence-corrected chi connectivity index (χ2v) is 12.0. The van der Waals surface area contributed by atoms with E-state index in [2.05, 4.69) is 40.7 Å². The zero-order valence-electron chi connectivity index (χ0n) is 11.4. The van der Waals surface area contributed by atoms with Crippen molar-refractivity contribution in [1.29, 1.82) is 0 Å². The molecule has 0 aliphatic heterocycles. The number of aromatic nitrogens is 2. The van der Waals surface area contributed by atoms with E-state index in [4.69, 9.17) is 4.74 Å². The highest BCUT2D eigenvalue weighted by atomic mass is 79.9. The van der Waals surface area contributed by atoms with E-state index >= 15 is 0 Å². The van der Waals surface area contributed by atoms with Crippen molar-refractivity contribution in [2.75, 3.05) is 6.61 Å². The van der Waals surface area contributed by atoms with Gasteiger partial charge in [0.05, 0.1) is 10.2 Å². The Balaban J connectivity index is 2.72. The molecule has 1 heterocycles. The van der Waals surface area contributed by atoms with Gasteiger partial charge in [0.2, 0.25) is 0 Å². The molecule has 0 aliphatic carbocycles. The molecule has 1 aromatic rings. The van der Waals surface area contributed by atoms with Crippen LogP contribution in [0.1, 0.15) is 11.4 Å². The summed E-state index contributed by atoms with van der Waals surface area (Å²) in [6.45, 7) is 8.37. The summed E-state index contributed by atoms with van der Waals surface area (Å²) in [5.74, 6) is 0. The van der Waals surface area contributed by atoms with Gasteiger partial charge in [-0.05, 0) is 28.9 Å². The van der Waals surface area contributed by atoms with Gasteiger partial charge in [0, 0.05) is 14.7 Å². The standard InChI is InChI=1S/C11H18BrF3N2OSi/c1-8-9(12)10(11(13,14)15)17(16-8)7-18-5-6-19(2,3)4/h5-7H2,1-4H3. The van der Waals surface area contributed by atoms with E-state index in [0.717, 1.165) is 10.7 Å². The summed E-state index contributed by atoms with van der Waals surface area (Å²) in [6.07, 6.45) is -4.44. The van der Waals surface area contributed by atoms with Gasteiger partial charge in [0.1, 0.15) is 6.73 Å². The first-order valence-electron chi connectivity index (χ1n) is 5.90. The molecule has 0 bridgehead atoms. The Morgan fingerprint density at radius 2 is 1.89 bits per heavy atom. The van der Waals surface area contributed by atoms with Gasteiger partial charge < -0.3 is 4.74 Å². The lowest BCUT2D eigenvalue weighted by Gasteiger charge is -2.16. The van der Waals surface area contributed by atoms with Crippen molar-refractivity contribution < 1.29 is 17.9 Å². The molecule has 19 heavy (non-hydrogen) atoms. The fraction of sp³-hybridized carbons (Fsp3) is 0.727. The summed E-state index contributed by atoms with van der Waals surface area (Å²) < 4.78 is 44.8. The van der Waals surface area contributed by atoms with Crippen molar-refractivity contribution >= 4 is 24.0 Å². The van der Waals surface area contributed by atoms with Gasteiger partial charge in [-0.15, -0.1) is 0 Å². The molecule has 0 aliphatic rings. The minimum Gasteiger partial charge on any atom is -0.360 e. The minimum atomic E-state index is -4.44. The molecule has 0 saturated carbocycles. The molecule has 0 spiro atoms. The van der Waals surface area contributed by atoms with Crippen LogP contribution in [0.5, 0.6) is 0 Å². The van der Waals surface area contributed by atoms with Crippen LogP contribution in [-0.4, -0.2) is 24.5 Å². The van der Waals surface area contributed by atoms with E-state index in [0.29, 0.717) is 12.3 Å². The summed E-state index contributed by atoms with van der Waals surface area (Å²) in [7, 11) is -1.24. The van der Waals surface area contributed by atoms with Crippen LogP contribution in [0.25, 0.3) is 0 Å². The zero-order chi connectivity index (χ0) is 14.8. The van der Waals surface area contributed by atoms with Crippen LogP contribution >= 0.6 is 15.9 Å². The first-order chi connectivity index (χ1) is 8.52. The lowest BCUT2D eigenvalue weighted by Crippen LogP contribution is -2.23. The Kier molecular flexibility index (Phi) is 5.25. The number of nitrogens with zero attached hydrogens (tertiary/aromatic N) is 2. The predicted molar refractivity (Wildman–Crippen MR) is 73.8 cm³/mol. The molecule has 0 radical (unpaired) electrons. The molecular weight excluding hydrogens is 341 g/mol. The molecule has 0 fully saturated rings. The minimum absolute atomic E-state index is 0.0196. The first-order valence-corrected chi connectivity index (χ1v) is 10.4. The zero-order valence-corrected chi connectivity index (χ0v) is 14.0.